The van der Waals surface area contributed by atoms with E-state index in [1.165, 1.54) is 83.5 Å². The van der Waals surface area contributed by atoms with Crippen molar-refractivity contribution in [2.75, 3.05) is 39.6 Å². The van der Waals surface area contributed by atoms with Crippen LogP contribution >= 0.6 is 15.6 Å². The molecule has 0 saturated heterocycles. The molecule has 0 aromatic rings. The van der Waals surface area contributed by atoms with Crippen LogP contribution in [-0.2, 0) is 55.8 Å². The average Bonchev–Trinajstić information content (AvgIpc) is 0.907. The zero-order valence-electron chi connectivity index (χ0n) is 66.0. The van der Waals surface area contributed by atoms with Gasteiger partial charge in [-0.2, -0.15) is 0 Å². The summed E-state index contributed by atoms with van der Waals surface area (Å²) in [6.45, 7) is 2.15. The monoisotopic (exact) mass is 1530 g/mol. The smallest absolute Gasteiger partial charge is 0.463 e. The fourth-order valence-corrected chi connectivity index (χ4v) is 11.6. The van der Waals surface area contributed by atoms with E-state index in [0.29, 0.717) is 32.1 Å². The number of hydrogen-bond donors (Lipinski definition) is 4. The van der Waals surface area contributed by atoms with E-state index in [2.05, 4.69) is 197 Å². The largest absolute Gasteiger partial charge is 0.472 e. The number of hydrogen-bond acceptors (Lipinski definition) is 14. The standard InChI is InChI=1S/C89H142O16P2/c1-4-7-10-13-16-19-22-25-28-31-33-34-35-36-37-38-39-40-41-42-43-44-45-46-47-48-50-53-54-57-60-63-66-69-72-75-87(92)99-78-84(90)79-101-106(95,96)102-80-85(91)81-103-107(97,98)104-83-86(105-89(94)77-74-71-68-65-62-59-56-51-30-27-24-21-18-15-12-9-6-3)82-100-88(93)76-73-70-67-64-61-58-55-52-49-32-29-26-23-20-17-14-11-8-5-2/h7-12,16-21,25-30,33-34,36-37,39-40,49,52,56,58-59,61,65,67-68,70,84-86,90-91H,4-6,13-15,22-24,31-32,35,38,41-48,50-51,53-55,57,60,62-64,66,69,71-83H2,1-3H3,(H,95,96)(H,97,98)/b10-7-,11-8-,12-9-,19-16-,20-17-,21-18-,28-25-,29-26-,30-27-,34-33-,37-36-,40-39-,52-49-,59-56-,61-58-,68-65-,70-67-. The van der Waals surface area contributed by atoms with Crippen LogP contribution in [0.5, 0.6) is 0 Å². The number of aliphatic hydroxyl groups is 2. The molecule has 0 aliphatic rings. The Bertz CT molecular complexity index is 2770. The predicted molar refractivity (Wildman–Crippen MR) is 444 cm³/mol. The summed E-state index contributed by atoms with van der Waals surface area (Å²) in [6.07, 6.45) is 106. The maximum absolute atomic E-state index is 12.9. The third kappa shape index (κ3) is 81.0. The van der Waals surface area contributed by atoms with E-state index in [1.807, 2.05) is 30.4 Å². The van der Waals surface area contributed by atoms with Gasteiger partial charge in [-0.05, 0) is 148 Å². The number of phosphoric acid groups is 2. The first kappa shape index (κ1) is 101. The second-order valence-corrected chi connectivity index (χ2v) is 29.0. The Balaban J connectivity index is 4.54. The zero-order chi connectivity index (χ0) is 78.0. The second-order valence-electron chi connectivity index (χ2n) is 26.1. The van der Waals surface area contributed by atoms with Gasteiger partial charge in [-0.25, -0.2) is 9.13 Å². The number of carbonyl (C=O) groups excluding carboxylic acids is 3. The zero-order valence-corrected chi connectivity index (χ0v) is 67.8. The van der Waals surface area contributed by atoms with E-state index in [4.69, 9.17) is 32.3 Å². The predicted octanol–water partition coefficient (Wildman–Crippen LogP) is 24.1. The van der Waals surface area contributed by atoms with E-state index < -0.39 is 91.5 Å². The van der Waals surface area contributed by atoms with Crippen LogP contribution in [0.25, 0.3) is 0 Å². The SMILES string of the molecule is CC/C=C\C/C=C\C/C=C\C/C=C\C/C=C\C/C=C\CCCCCCCCCCCCCCCCCCC(=O)OCC(O)COP(=O)(O)OCC(O)COP(=O)(O)OCC(COC(=O)CC/C=C\C/C=C\C/C=C\C/C=C\C/C=C\C/C=C\CC)OC(=O)CCC/C=C\C/C=C\C/C=C\C/C=C\C/C=C\CC. The highest BCUT2D eigenvalue weighted by Gasteiger charge is 2.29. The summed E-state index contributed by atoms with van der Waals surface area (Å²) in [5.74, 6) is -1.76. The number of esters is 3. The van der Waals surface area contributed by atoms with Crippen molar-refractivity contribution in [1.29, 1.82) is 0 Å². The van der Waals surface area contributed by atoms with Crippen molar-refractivity contribution in [3.05, 3.63) is 207 Å². The minimum absolute atomic E-state index is 0.00261. The molecular formula is C89H142O16P2. The van der Waals surface area contributed by atoms with Crippen LogP contribution in [0, 0.1) is 0 Å². The third-order valence-electron chi connectivity index (χ3n) is 16.0. The van der Waals surface area contributed by atoms with Crippen LogP contribution in [0.4, 0.5) is 0 Å². The molecule has 604 valence electrons. The summed E-state index contributed by atoms with van der Waals surface area (Å²) < 4.78 is 61.0. The first-order valence-corrected chi connectivity index (χ1v) is 43.4. The molecule has 0 fully saturated rings. The van der Waals surface area contributed by atoms with Crippen molar-refractivity contribution in [3.8, 4) is 0 Å². The highest BCUT2D eigenvalue weighted by Crippen LogP contribution is 2.45. The normalized spacial score (nSPS) is 15.0. The van der Waals surface area contributed by atoms with Crippen molar-refractivity contribution in [1.82, 2.24) is 0 Å². The fourth-order valence-electron chi connectivity index (χ4n) is 9.99. The van der Waals surface area contributed by atoms with Crippen LogP contribution in [0.3, 0.4) is 0 Å². The number of allylic oxidation sites excluding steroid dienone is 34. The Morgan fingerprint density at radius 1 is 0.262 bits per heavy atom. The Hall–Kier alpha value is -5.87. The molecule has 0 aromatic heterocycles. The number of phosphoric ester groups is 2. The molecule has 0 aliphatic heterocycles. The molecule has 18 heteroatoms. The Kier molecular flexibility index (Phi) is 75.3. The maximum Gasteiger partial charge on any atom is 0.472 e. The summed E-state index contributed by atoms with van der Waals surface area (Å²) in [7, 11) is -9.85. The molecule has 0 bridgehead atoms. The van der Waals surface area contributed by atoms with Gasteiger partial charge in [-0.1, -0.05) is 317 Å². The minimum atomic E-state index is -4.97. The number of carbonyl (C=O) groups is 3. The van der Waals surface area contributed by atoms with Crippen molar-refractivity contribution < 1.29 is 75.8 Å². The molecule has 107 heavy (non-hydrogen) atoms. The highest BCUT2D eigenvalue weighted by molar-refractivity contribution is 7.47. The minimum Gasteiger partial charge on any atom is -0.463 e. The van der Waals surface area contributed by atoms with Crippen LogP contribution in [-0.4, -0.2) is 95.9 Å². The molecule has 0 rings (SSSR count). The number of rotatable bonds is 74. The molecule has 0 heterocycles. The van der Waals surface area contributed by atoms with Gasteiger partial charge in [-0.3, -0.25) is 32.5 Å². The van der Waals surface area contributed by atoms with Crippen LogP contribution in [0.2, 0.25) is 0 Å². The first-order valence-electron chi connectivity index (χ1n) is 40.4. The second kappa shape index (κ2) is 79.7. The molecule has 5 unspecified atom stereocenters. The summed E-state index contributed by atoms with van der Waals surface area (Å²) in [5.41, 5.74) is 0. The number of aliphatic hydroxyl groups excluding tert-OH is 2. The van der Waals surface area contributed by atoms with Gasteiger partial charge in [0, 0.05) is 19.3 Å². The molecule has 5 atom stereocenters. The quantitative estimate of drug-likeness (QED) is 0.0146. The van der Waals surface area contributed by atoms with Crippen LogP contribution in [0.15, 0.2) is 207 Å². The summed E-state index contributed by atoms with van der Waals surface area (Å²) in [5, 5.41) is 20.6. The lowest BCUT2D eigenvalue weighted by molar-refractivity contribution is -0.161. The van der Waals surface area contributed by atoms with Gasteiger partial charge in [0.15, 0.2) is 6.10 Å². The third-order valence-corrected chi connectivity index (χ3v) is 17.9. The lowest BCUT2D eigenvalue weighted by atomic mass is 10.0. The topological polar surface area (TPSA) is 231 Å². The average molecular weight is 1530 g/mol. The number of unbranched alkanes of at least 4 members (excludes halogenated alkanes) is 17. The van der Waals surface area contributed by atoms with Gasteiger partial charge in [0.05, 0.1) is 26.4 Å². The lowest BCUT2D eigenvalue weighted by Crippen LogP contribution is -2.30. The van der Waals surface area contributed by atoms with Gasteiger partial charge in [0.2, 0.25) is 0 Å². The van der Waals surface area contributed by atoms with Crippen LogP contribution < -0.4 is 0 Å². The Labute approximate surface area is 648 Å². The van der Waals surface area contributed by atoms with Gasteiger partial charge in [-0.15, -0.1) is 0 Å². The van der Waals surface area contributed by atoms with E-state index in [0.717, 1.165) is 122 Å². The Morgan fingerprint density at radius 2 is 0.495 bits per heavy atom. The van der Waals surface area contributed by atoms with Gasteiger partial charge >= 0.3 is 33.6 Å². The van der Waals surface area contributed by atoms with E-state index in [-0.39, 0.29) is 19.3 Å². The maximum atomic E-state index is 12.9. The fraction of sp³-hybridized carbons (Fsp3) is 0.584. The number of ether oxygens (including phenoxy) is 3. The van der Waals surface area contributed by atoms with Gasteiger partial charge in [0.1, 0.15) is 25.4 Å². The van der Waals surface area contributed by atoms with Gasteiger partial charge < -0.3 is 34.2 Å². The summed E-state index contributed by atoms with van der Waals surface area (Å²) >= 11 is 0. The van der Waals surface area contributed by atoms with Gasteiger partial charge in [0.25, 0.3) is 0 Å². The Morgan fingerprint density at radius 3 is 0.822 bits per heavy atom. The highest BCUT2D eigenvalue weighted by atomic mass is 31.2. The van der Waals surface area contributed by atoms with Crippen molar-refractivity contribution in [3.63, 3.8) is 0 Å². The van der Waals surface area contributed by atoms with E-state index in [9.17, 15) is 43.5 Å². The lowest BCUT2D eigenvalue weighted by Gasteiger charge is -2.21. The molecule has 16 nitrogen and oxygen atoms in total. The molecule has 0 amide bonds. The van der Waals surface area contributed by atoms with Crippen molar-refractivity contribution in [2.24, 2.45) is 0 Å². The van der Waals surface area contributed by atoms with E-state index in [1.54, 1.807) is 0 Å². The molecule has 0 spiro atoms. The van der Waals surface area contributed by atoms with E-state index >= 15 is 0 Å². The summed E-state index contributed by atoms with van der Waals surface area (Å²) in [6, 6.07) is 0. The van der Waals surface area contributed by atoms with Crippen LogP contribution in [0.1, 0.15) is 278 Å². The van der Waals surface area contributed by atoms with Crippen molar-refractivity contribution in [2.45, 2.75) is 296 Å². The summed E-state index contributed by atoms with van der Waals surface area (Å²) in [4.78, 5) is 58.6. The molecular weight excluding hydrogens is 1390 g/mol. The molecule has 0 radical (unpaired) electrons. The molecule has 0 aromatic carbocycles. The first-order chi connectivity index (χ1) is 52.2. The molecule has 0 saturated carbocycles. The van der Waals surface area contributed by atoms with Crippen molar-refractivity contribution >= 4 is 33.6 Å². The molecule has 0 aliphatic carbocycles. The molecule has 4 N–H and O–H groups in total.